The molecule has 1 nitrogen and oxygen atoms in total. The van der Waals surface area contributed by atoms with Gasteiger partial charge in [-0.05, 0) is 41.2 Å². The van der Waals surface area contributed by atoms with E-state index in [0.717, 1.165) is 6.42 Å². The van der Waals surface area contributed by atoms with Crippen molar-refractivity contribution in [2.24, 2.45) is 5.92 Å². The van der Waals surface area contributed by atoms with Crippen LogP contribution in [0, 0.1) is 5.92 Å². The lowest BCUT2D eigenvalue weighted by Crippen LogP contribution is -1.87. The summed E-state index contributed by atoms with van der Waals surface area (Å²) < 4.78 is 0. The molecule has 0 radical (unpaired) electrons. The average Bonchev–Trinajstić information content (AvgIpc) is 2.28. The highest BCUT2D eigenvalue weighted by atomic mass is 16.3. The molecule has 0 saturated heterocycles. The van der Waals surface area contributed by atoms with Crippen LogP contribution in [-0.4, -0.2) is 5.11 Å². The number of hydrogen-bond donors (Lipinski definition) is 1. The van der Waals surface area contributed by atoms with E-state index in [1.807, 2.05) is 12.1 Å². The maximum atomic E-state index is 9.24. The van der Waals surface area contributed by atoms with Crippen molar-refractivity contribution < 1.29 is 5.11 Å². The minimum atomic E-state index is 0.357. The van der Waals surface area contributed by atoms with E-state index in [0.29, 0.717) is 11.7 Å². The largest absolute Gasteiger partial charge is 0.508 e. The summed E-state index contributed by atoms with van der Waals surface area (Å²) in [7, 11) is 0. The fourth-order valence-electron chi connectivity index (χ4n) is 1.78. The van der Waals surface area contributed by atoms with Crippen molar-refractivity contribution in [1.82, 2.24) is 0 Å². The third-order valence-corrected chi connectivity index (χ3v) is 2.56. The maximum Gasteiger partial charge on any atom is 0.115 e. The molecule has 2 rings (SSSR count). The Balaban J connectivity index is 2.54. The number of phenolic OH excluding ortho intramolecular Hbond substituents is 1. The standard InChI is InChI=1S/C11H12O/c1-7-5-9-6-10(12)3-4-11(9)8(7)2/h3-4,6-7,12H,2,5H2,1H3. The summed E-state index contributed by atoms with van der Waals surface area (Å²) in [5, 5.41) is 9.24. The van der Waals surface area contributed by atoms with Crippen molar-refractivity contribution in [1.29, 1.82) is 0 Å². The van der Waals surface area contributed by atoms with Crippen LogP contribution < -0.4 is 0 Å². The second kappa shape index (κ2) is 2.37. The minimum absolute atomic E-state index is 0.357. The second-order valence-electron chi connectivity index (χ2n) is 3.47. The molecule has 1 aromatic carbocycles. The summed E-state index contributed by atoms with van der Waals surface area (Å²) in [6, 6.07) is 5.52. The lowest BCUT2D eigenvalue weighted by atomic mass is 10.0. The Hall–Kier alpha value is -1.24. The van der Waals surface area contributed by atoms with Gasteiger partial charge >= 0.3 is 0 Å². The van der Waals surface area contributed by atoms with Gasteiger partial charge in [-0.2, -0.15) is 0 Å². The van der Waals surface area contributed by atoms with Gasteiger partial charge in [-0.25, -0.2) is 0 Å². The minimum Gasteiger partial charge on any atom is -0.508 e. The van der Waals surface area contributed by atoms with Crippen LogP contribution in [-0.2, 0) is 6.42 Å². The lowest BCUT2D eigenvalue weighted by molar-refractivity contribution is 0.474. The van der Waals surface area contributed by atoms with Gasteiger partial charge < -0.3 is 5.11 Å². The third-order valence-electron chi connectivity index (χ3n) is 2.56. The number of aromatic hydroxyl groups is 1. The fraction of sp³-hybridized carbons (Fsp3) is 0.273. The fourth-order valence-corrected chi connectivity index (χ4v) is 1.78. The monoisotopic (exact) mass is 160 g/mol. The van der Waals surface area contributed by atoms with Crippen LogP contribution in [0.2, 0.25) is 0 Å². The number of allylic oxidation sites excluding steroid dienone is 1. The number of hydrogen-bond acceptors (Lipinski definition) is 1. The molecule has 1 aliphatic carbocycles. The molecule has 0 spiro atoms. The quantitative estimate of drug-likeness (QED) is 0.618. The predicted molar refractivity (Wildman–Crippen MR) is 50.0 cm³/mol. The molecule has 0 fully saturated rings. The first kappa shape index (κ1) is 7.41. The van der Waals surface area contributed by atoms with Crippen LogP contribution >= 0.6 is 0 Å². The van der Waals surface area contributed by atoms with Gasteiger partial charge in [0.05, 0.1) is 0 Å². The SMILES string of the molecule is C=C1c2ccc(O)cc2CC1C. The topological polar surface area (TPSA) is 20.2 Å². The molecule has 1 heteroatoms. The molecule has 1 aliphatic rings. The summed E-state index contributed by atoms with van der Waals surface area (Å²) in [5.41, 5.74) is 3.65. The molecule has 0 saturated carbocycles. The van der Waals surface area contributed by atoms with Crippen LogP contribution in [0.4, 0.5) is 0 Å². The van der Waals surface area contributed by atoms with Gasteiger partial charge in [0.1, 0.15) is 5.75 Å². The van der Waals surface area contributed by atoms with Crippen LogP contribution in [0.3, 0.4) is 0 Å². The van der Waals surface area contributed by atoms with Crippen LogP contribution in [0.15, 0.2) is 24.8 Å². The zero-order chi connectivity index (χ0) is 8.72. The maximum absolute atomic E-state index is 9.24. The Morgan fingerprint density at radius 2 is 2.25 bits per heavy atom. The summed E-state index contributed by atoms with van der Waals surface area (Å²) in [5.74, 6) is 0.887. The molecule has 0 aromatic heterocycles. The van der Waals surface area contributed by atoms with Gasteiger partial charge in [0.25, 0.3) is 0 Å². The highest BCUT2D eigenvalue weighted by molar-refractivity contribution is 5.73. The zero-order valence-electron chi connectivity index (χ0n) is 7.17. The van der Waals surface area contributed by atoms with E-state index in [9.17, 15) is 5.11 Å². The van der Waals surface area contributed by atoms with Gasteiger partial charge in [-0.3, -0.25) is 0 Å². The Morgan fingerprint density at radius 3 is 3.00 bits per heavy atom. The number of fused-ring (bicyclic) bond motifs is 1. The van der Waals surface area contributed by atoms with E-state index in [-0.39, 0.29) is 0 Å². The highest BCUT2D eigenvalue weighted by Gasteiger charge is 2.21. The first-order valence-electron chi connectivity index (χ1n) is 4.19. The molecule has 1 N–H and O–H groups in total. The van der Waals surface area contributed by atoms with Crippen molar-refractivity contribution in [2.75, 3.05) is 0 Å². The molecule has 0 heterocycles. The molecule has 0 bridgehead atoms. The van der Waals surface area contributed by atoms with E-state index in [2.05, 4.69) is 13.5 Å². The van der Waals surface area contributed by atoms with E-state index < -0.39 is 0 Å². The Bertz CT molecular complexity index is 339. The van der Waals surface area contributed by atoms with E-state index in [1.54, 1.807) is 6.07 Å². The van der Waals surface area contributed by atoms with E-state index in [4.69, 9.17) is 0 Å². The smallest absolute Gasteiger partial charge is 0.115 e. The Morgan fingerprint density at radius 1 is 1.50 bits per heavy atom. The molecular weight excluding hydrogens is 148 g/mol. The molecule has 1 atom stereocenters. The molecule has 1 aromatic rings. The van der Waals surface area contributed by atoms with Gasteiger partial charge in [0, 0.05) is 0 Å². The van der Waals surface area contributed by atoms with Gasteiger partial charge in [0.15, 0.2) is 0 Å². The molecule has 0 amide bonds. The summed E-state index contributed by atoms with van der Waals surface area (Å²) >= 11 is 0. The molecule has 62 valence electrons. The number of benzene rings is 1. The highest BCUT2D eigenvalue weighted by Crippen LogP contribution is 2.36. The first-order chi connectivity index (χ1) is 5.68. The van der Waals surface area contributed by atoms with Crippen molar-refractivity contribution in [3.05, 3.63) is 35.9 Å². The molecule has 12 heavy (non-hydrogen) atoms. The summed E-state index contributed by atoms with van der Waals surface area (Å²) in [6.45, 7) is 6.19. The molecular formula is C11H12O. The zero-order valence-corrected chi connectivity index (χ0v) is 7.17. The number of rotatable bonds is 0. The third kappa shape index (κ3) is 0.934. The lowest BCUT2D eigenvalue weighted by Gasteiger charge is -2.01. The molecule has 0 aliphatic heterocycles. The normalized spacial score (nSPS) is 21.1. The predicted octanol–water partition coefficient (Wildman–Crippen LogP) is 2.60. The van der Waals surface area contributed by atoms with Gasteiger partial charge in [-0.1, -0.05) is 19.6 Å². The van der Waals surface area contributed by atoms with Gasteiger partial charge in [0.2, 0.25) is 0 Å². The number of phenols is 1. The van der Waals surface area contributed by atoms with Crippen molar-refractivity contribution >= 4 is 5.57 Å². The van der Waals surface area contributed by atoms with E-state index in [1.165, 1.54) is 16.7 Å². The van der Waals surface area contributed by atoms with Gasteiger partial charge in [-0.15, -0.1) is 0 Å². The van der Waals surface area contributed by atoms with Crippen LogP contribution in [0.1, 0.15) is 18.1 Å². The second-order valence-corrected chi connectivity index (χ2v) is 3.47. The average molecular weight is 160 g/mol. The van der Waals surface area contributed by atoms with Crippen molar-refractivity contribution in [3.8, 4) is 5.75 Å². The summed E-state index contributed by atoms with van der Waals surface area (Å²) in [6.07, 6.45) is 1.02. The molecule has 1 unspecified atom stereocenters. The van der Waals surface area contributed by atoms with E-state index >= 15 is 0 Å². The van der Waals surface area contributed by atoms with Crippen LogP contribution in [0.25, 0.3) is 5.57 Å². The Labute approximate surface area is 72.4 Å². The summed E-state index contributed by atoms with van der Waals surface area (Å²) in [4.78, 5) is 0. The Kier molecular flexibility index (Phi) is 1.47. The van der Waals surface area contributed by atoms with Crippen molar-refractivity contribution in [2.45, 2.75) is 13.3 Å². The first-order valence-corrected chi connectivity index (χ1v) is 4.19. The van der Waals surface area contributed by atoms with Crippen molar-refractivity contribution in [3.63, 3.8) is 0 Å². The van der Waals surface area contributed by atoms with Crippen LogP contribution in [0.5, 0.6) is 5.75 Å².